The zero-order valence-corrected chi connectivity index (χ0v) is 13.1. The predicted molar refractivity (Wildman–Crippen MR) is 95.5 cm³/mol. The number of hydrogen-bond acceptors (Lipinski definition) is 3. The SMILES string of the molecule is OC[C@H]1O[C@@H](c2ccc3ccc4cccc5ccc2c3c45)C[C@@H]1O. The minimum Gasteiger partial charge on any atom is -0.394 e. The molecule has 24 heavy (non-hydrogen) atoms. The van der Waals surface area contributed by atoms with Gasteiger partial charge in [-0.2, -0.15) is 0 Å². The lowest BCUT2D eigenvalue weighted by molar-refractivity contribution is -0.0222. The van der Waals surface area contributed by atoms with Gasteiger partial charge in [-0.05, 0) is 37.9 Å². The molecule has 3 nitrogen and oxygen atoms in total. The molecule has 3 heteroatoms. The molecule has 3 atom stereocenters. The van der Waals surface area contributed by atoms with Crippen molar-refractivity contribution in [2.24, 2.45) is 0 Å². The Morgan fingerprint density at radius 3 is 2.25 bits per heavy atom. The van der Waals surface area contributed by atoms with Crippen molar-refractivity contribution in [2.45, 2.75) is 24.7 Å². The van der Waals surface area contributed by atoms with Crippen LogP contribution in [0.15, 0.2) is 54.6 Å². The fourth-order valence-electron chi connectivity index (χ4n) is 4.13. The van der Waals surface area contributed by atoms with Gasteiger partial charge in [0.15, 0.2) is 0 Å². The highest BCUT2D eigenvalue weighted by Gasteiger charge is 2.35. The monoisotopic (exact) mass is 318 g/mol. The first kappa shape index (κ1) is 14.2. The third kappa shape index (κ3) is 1.89. The van der Waals surface area contributed by atoms with Crippen LogP contribution in [0.4, 0.5) is 0 Å². The lowest BCUT2D eigenvalue weighted by atomic mass is 9.90. The van der Waals surface area contributed by atoms with E-state index in [0.29, 0.717) is 6.42 Å². The summed E-state index contributed by atoms with van der Waals surface area (Å²) in [5.41, 5.74) is 1.09. The summed E-state index contributed by atoms with van der Waals surface area (Å²) in [6, 6.07) is 19.2. The average molecular weight is 318 g/mol. The van der Waals surface area contributed by atoms with Crippen LogP contribution < -0.4 is 0 Å². The Hall–Kier alpha value is -2.20. The van der Waals surface area contributed by atoms with E-state index in [1.807, 2.05) is 0 Å². The van der Waals surface area contributed by atoms with Gasteiger partial charge in [0.25, 0.3) is 0 Å². The van der Waals surface area contributed by atoms with Crippen molar-refractivity contribution >= 4 is 32.3 Å². The zero-order valence-electron chi connectivity index (χ0n) is 13.1. The molecular weight excluding hydrogens is 300 g/mol. The summed E-state index contributed by atoms with van der Waals surface area (Å²) in [6.45, 7) is -0.149. The van der Waals surface area contributed by atoms with Gasteiger partial charge in [0, 0.05) is 6.42 Å². The molecular formula is C21H18O3. The fourth-order valence-corrected chi connectivity index (χ4v) is 4.13. The molecule has 0 unspecified atom stereocenters. The lowest BCUT2D eigenvalue weighted by Gasteiger charge is -2.18. The Kier molecular flexibility index (Phi) is 3.04. The van der Waals surface area contributed by atoms with Gasteiger partial charge in [0.1, 0.15) is 6.10 Å². The molecule has 1 heterocycles. The molecule has 1 saturated heterocycles. The maximum absolute atomic E-state index is 10.1. The molecule has 0 bridgehead atoms. The number of aliphatic hydroxyl groups is 2. The smallest absolute Gasteiger partial charge is 0.107 e. The van der Waals surface area contributed by atoms with E-state index >= 15 is 0 Å². The number of hydrogen-bond donors (Lipinski definition) is 2. The summed E-state index contributed by atoms with van der Waals surface area (Å²) in [5.74, 6) is 0. The molecule has 120 valence electrons. The van der Waals surface area contributed by atoms with Crippen LogP contribution >= 0.6 is 0 Å². The van der Waals surface area contributed by atoms with Crippen molar-refractivity contribution in [2.75, 3.05) is 6.61 Å². The summed E-state index contributed by atoms with van der Waals surface area (Å²) in [6.07, 6.45) is -0.760. The Morgan fingerprint density at radius 1 is 0.875 bits per heavy atom. The van der Waals surface area contributed by atoms with Gasteiger partial charge in [-0.1, -0.05) is 54.6 Å². The van der Waals surface area contributed by atoms with Gasteiger partial charge < -0.3 is 14.9 Å². The molecule has 1 fully saturated rings. The Bertz CT molecular complexity index is 1020. The van der Waals surface area contributed by atoms with Crippen molar-refractivity contribution in [1.29, 1.82) is 0 Å². The molecule has 4 aromatic rings. The van der Waals surface area contributed by atoms with E-state index in [4.69, 9.17) is 4.74 Å². The van der Waals surface area contributed by atoms with Crippen LogP contribution in [0.3, 0.4) is 0 Å². The van der Waals surface area contributed by atoms with Crippen LogP contribution in [0.2, 0.25) is 0 Å². The molecule has 0 aromatic heterocycles. The van der Waals surface area contributed by atoms with E-state index in [2.05, 4.69) is 54.6 Å². The fraction of sp³-hybridized carbons (Fsp3) is 0.238. The summed E-state index contributed by atoms with van der Waals surface area (Å²) in [4.78, 5) is 0. The summed E-state index contributed by atoms with van der Waals surface area (Å²) in [5, 5.41) is 26.8. The van der Waals surface area contributed by atoms with E-state index in [-0.39, 0.29) is 12.7 Å². The van der Waals surface area contributed by atoms with E-state index in [1.54, 1.807) is 0 Å². The predicted octanol–water partition coefficient (Wildman–Crippen LogP) is 3.77. The first-order valence-electron chi connectivity index (χ1n) is 8.37. The van der Waals surface area contributed by atoms with E-state index in [0.717, 1.165) is 5.56 Å². The normalized spacial score (nSPS) is 24.5. The number of aliphatic hydroxyl groups excluding tert-OH is 2. The standard InChI is InChI=1S/C21H18O3/c22-11-19-17(23)10-18(24-19)15-8-6-14-5-4-12-2-1-3-13-7-9-16(15)21(14)20(12)13/h1-9,17-19,22-23H,10-11H2/t17-,18+,19+/m0/s1. The molecule has 1 aliphatic heterocycles. The number of ether oxygens (including phenoxy) is 1. The molecule has 2 N–H and O–H groups in total. The van der Waals surface area contributed by atoms with Gasteiger partial charge in [-0.25, -0.2) is 0 Å². The zero-order chi connectivity index (χ0) is 16.3. The molecule has 0 amide bonds. The van der Waals surface area contributed by atoms with Gasteiger partial charge >= 0.3 is 0 Å². The lowest BCUT2D eigenvalue weighted by Crippen LogP contribution is -2.24. The van der Waals surface area contributed by atoms with Crippen LogP contribution in [-0.4, -0.2) is 29.0 Å². The van der Waals surface area contributed by atoms with Crippen molar-refractivity contribution < 1.29 is 14.9 Å². The van der Waals surface area contributed by atoms with Gasteiger partial charge in [-0.3, -0.25) is 0 Å². The minimum absolute atomic E-state index is 0.149. The van der Waals surface area contributed by atoms with Crippen LogP contribution in [0.1, 0.15) is 18.1 Å². The maximum atomic E-state index is 10.1. The maximum Gasteiger partial charge on any atom is 0.107 e. The highest BCUT2D eigenvalue weighted by molar-refractivity contribution is 6.23. The molecule has 4 aromatic carbocycles. The summed E-state index contributed by atoms with van der Waals surface area (Å²) < 4.78 is 5.90. The van der Waals surface area contributed by atoms with E-state index in [1.165, 1.54) is 32.3 Å². The topological polar surface area (TPSA) is 49.7 Å². The third-order valence-electron chi connectivity index (χ3n) is 5.31. The van der Waals surface area contributed by atoms with E-state index in [9.17, 15) is 10.2 Å². The summed E-state index contributed by atoms with van der Waals surface area (Å²) in [7, 11) is 0. The summed E-state index contributed by atoms with van der Waals surface area (Å²) >= 11 is 0. The molecule has 0 saturated carbocycles. The minimum atomic E-state index is -0.612. The number of rotatable bonds is 2. The van der Waals surface area contributed by atoms with Gasteiger partial charge in [-0.15, -0.1) is 0 Å². The highest BCUT2D eigenvalue weighted by atomic mass is 16.5. The van der Waals surface area contributed by atoms with Crippen LogP contribution in [0.25, 0.3) is 32.3 Å². The highest BCUT2D eigenvalue weighted by Crippen LogP contribution is 2.41. The van der Waals surface area contributed by atoms with Crippen molar-refractivity contribution in [3.63, 3.8) is 0 Å². The van der Waals surface area contributed by atoms with Gasteiger partial charge in [0.05, 0.1) is 18.8 Å². The molecule has 5 rings (SSSR count). The molecule has 0 aliphatic carbocycles. The number of benzene rings is 4. The average Bonchev–Trinajstić information content (AvgIpc) is 3.00. The van der Waals surface area contributed by atoms with Crippen LogP contribution in [0, 0.1) is 0 Å². The third-order valence-corrected chi connectivity index (χ3v) is 5.31. The largest absolute Gasteiger partial charge is 0.394 e. The first-order chi connectivity index (χ1) is 11.8. The molecule has 1 aliphatic rings. The second-order valence-electron chi connectivity index (χ2n) is 6.66. The van der Waals surface area contributed by atoms with Crippen LogP contribution in [0.5, 0.6) is 0 Å². The Labute approximate surface area is 139 Å². The van der Waals surface area contributed by atoms with Crippen molar-refractivity contribution in [3.05, 3.63) is 60.2 Å². The Morgan fingerprint density at radius 2 is 1.54 bits per heavy atom. The van der Waals surface area contributed by atoms with Crippen molar-refractivity contribution in [3.8, 4) is 0 Å². The van der Waals surface area contributed by atoms with Crippen molar-refractivity contribution in [1.82, 2.24) is 0 Å². The van der Waals surface area contributed by atoms with E-state index < -0.39 is 12.2 Å². The second-order valence-corrected chi connectivity index (χ2v) is 6.66. The molecule has 0 spiro atoms. The van der Waals surface area contributed by atoms with Gasteiger partial charge in [0.2, 0.25) is 0 Å². The van der Waals surface area contributed by atoms with Crippen LogP contribution in [-0.2, 0) is 4.74 Å². The second kappa shape index (κ2) is 5.15. The quantitative estimate of drug-likeness (QED) is 0.553. The Balaban J connectivity index is 1.79. The molecule has 0 radical (unpaired) electrons. The first-order valence-corrected chi connectivity index (χ1v) is 8.37.